The summed E-state index contributed by atoms with van der Waals surface area (Å²) >= 11 is 0. The largest absolute Gasteiger partial charge is 0.251 e. The van der Waals surface area contributed by atoms with Crippen LogP contribution < -0.4 is 0 Å². The summed E-state index contributed by atoms with van der Waals surface area (Å²) in [4.78, 5) is 0. The van der Waals surface area contributed by atoms with Crippen LogP contribution in [0.15, 0.2) is 0 Å². The lowest BCUT2D eigenvalue weighted by Crippen LogP contribution is -1.85. The predicted octanol–water partition coefficient (Wildman–Crippen LogP) is 2.00. The van der Waals surface area contributed by atoms with Crippen molar-refractivity contribution in [2.45, 2.75) is 20.3 Å². The van der Waals surface area contributed by atoms with E-state index in [0.29, 0.717) is 12.3 Å². The molecule has 0 aromatic carbocycles. The molecule has 6 heavy (non-hydrogen) atoms. The Hall–Kier alpha value is -0.0700. The van der Waals surface area contributed by atoms with Crippen LogP contribution in [0.5, 0.6) is 0 Å². The Morgan fingerprint density at radius 1 is 1.50 bits per heavy atom. The van der Waals surface area contributed by atoms with Crippen LogP contribution in [0, 0.1) is 5.92 Å². The number of halogens is 1. The van der Waals surface area contributed by atoms with Gasteiger partial charge >= 0.3 is 0 Å². The third-order valence-electron chi connectivity index (χ3n) is 0.686. The van der Waals surface area contributed by atoms with E-state index in [2.05, 4.69) is 0 Å². The Labute approximate surface area is 38.4 Å². The maximum absolute atomic E-state index is 11.2. The van der Waals surface area contributed by atoms with Crippen LogP contribution in [0.4, 0.5) is 4.39 Å². The highest BCUT2D eigenvalue weighted by molar-refractivity contribution is 4.39. The van der Waals surface area contributed by atoms with E-state index in [1.54, 1.807) is 0 Å². The van der Waals surface area contributed by atoms with Crippen molar-refractivity contribution in [3.05, 3.63) is 0 Å². The monoisotopic (exact) mass is 90.1 g/mol. The molecule has 0 N–H and O–H groups in total. The second kappa shape index (κ2) is 3.13. The molecular formula is C5H11F. The number of rotatable bonds is 2. The fourth-order valence-corrected chi connectivity index (χ4v) is 0.218. The zero-order valence-electron chi connectivity index (χ0n) is 4.37. The van der Waals surface area contributed by atoms with Gasteiger partial charge in [-0.25, -0.2) is 0 Å². The van der Waals surface area contributed by atoms with E-state index in [1.807, 2.05) is 13.8 Å². The van der Waals surface area contributed by atoms with E-state index in [9.17, 15) is 4.39 Å². The van der Waals surface area contributed by atoms with Crippen molar-refractivity contribution in [3.63, 3.8) is 0 Å². The highest BCUT2D eigenvalue weighted by Crippen LogP contribution is 1.96. The molecule has 38 valence electrons. The smallest absolute Gasteiger partial charge is 0.0896 e. The molecule has 1 heteroatoms. The molecule has 0 atom stereocenters. The Morgan fingerprint density at radius 2 is 2.00 bits per heavy atom. The Morgan fingerprint density at radius 3 is 2.00 bits per heavy atom. The van der Waals surface area contributed by atoms with Crippen molar-refractivity contribution in [1.82, 2.24) is 0 Å². The molecule has 0 spiro atoms. The van der Waals surface area contributed by atoms with Gasteiger partial charge in [0.15, 0.2) is 0 Å². The van der Waals surface area contributed by atoms with E-state index in [1.165, 1.54) is 0 Å². The fraction of sp³-hybridized carbons (Fsp3) is 1.00. The van der Waals surface area contributed by atoms with Crippen molar-refractivity contribution < 1.29 is 4.39 Å². The summed E-state index contributed by atoms with van der Waals surface area (Å²) in [6, 6.07) is 0. The van der Waals surface area contributed by atoms with Gasteiger partial charge in [-0.2, -0.15) is 0 Å². The van der Waals surface area contributed by atoms with Gasteiger partial charge in [-0.05, 0) is 12.3 Å². The lowest BCUT2D eigenvalue weighted by atomic mass is 10.2. The highest BCUT2D eigenvalue weighted by Gasteiger charge is 1.87. The van der Waals surface area contributed by atoms with Crippen molar-refractivity contribution in [2.24, 2.45) is 5.92 Å². The topological polar surface area (TPSA) is 0 Å². The van der Waals surface area contributed by atoms with Gasteiger partial charge < -0.3 is 0 Å². The zero-order chi connectivity index (χ0) is 4.99. The molecule has 0 aliphatic rings. The van der Waals surface area contributed by atoms with Crippen LogP contribution >= 0.6 is 0 Å². The molecule has 0 bridgehead atoms. The Balaban J connectivity index is 2.63. The maximum atomic E-state index is 11.2. The van der Waals surface area contributed by atoms with E-state index in [4.69, 9.17) is 0 Å². The first-order valence-electron chi connectivity index (χ1n) is 2.33. The van der Waals surface area contributed by atoms with Crippen LogP contribution in [0.2, 0.25) is 0 Å². The number of hydrogen-bond donors (Lipinski definition) is 0. The van der Waals surface area contributed by atoms with Crippen LogP contribution in [0.3, 0.4) is 0 Å². The van der Waals surface area contributed by atoms with Crippen molar-refractivity contribution in [1.29, 1.82) is 0 Å². The number of alkyl halides is 1. The molecule has 0 aromatic heterocycles. The van der Waals surface area contributed by atoms with Gasteiger partial charge in [-0.1, -0.05) is 13.8 Å². The Kier molecular flexibility index (Phi) is 3.10. The second-order valence-electron chi connectivity index (χ2n) is 1.87. The van der Waals surface area contributed by atoms with Crippen molar-refractivity contribution >= 4 is 0 Å². The molecule has 0 amide bonds. The molecule has 0 aliphatic carbocycles. The Bertz CT molecular complexity index is 25.1. The zero-order valence-corrected chi connectivity index (χ0v) is 4.37. The number of hydrogen-bond acceptors (Lipinski definition) is 0. The summed E-state index contributed by atoms with van der Waals surface area (Å²) in [6.45, 7) is 3.86. The first-order chi connectivity index (χ1) is 2.77. The molecule has 0 heterocycles. The van der Waals surface area contributed by atoms with Gasteiger partial charge in [0.05, 0.1) is 6.67 Å². The van der Waals surface area contributed by atoms with Gasteiger partial charge in [0.25, 0.3) is 0 Å². The van der Waals surface area contributed by atoms with Gasteiger partial charge in [-0.15, -0.1) is 0 Å². The molecule has 0 radical (unpaired) electrons. The lowest BCUT2D eigenvalue weighted by molar-refractivity contribution is 0.420. The average molecular weight is 90.1 g/mol. The van der Waals surface area contributed by atoms with Crippen LogP contribution in [0.1, 0.15) is 20.3 Å². The maximum Gasteiger partial charge on any atom is 0.0896 e. The first-order valence-corrected chi connectivity index (χ1v) is 2.33. The summed E-state index contributed by atoms with van der Waals surface area (Å²) in [5.41, 5.74) is 0. The molecule has 0 saturated carbocycles. The molecule has 0 aliphatic heterocycles. The van der Waals surface area contributed by atoms with E-state index in [-0.39, 0.29) is 6.67 Å². The van der Waals surface area contributed by atoms with E-state index < -0.39 is 0 Å². The first kappa shape index (κ1) is 5.93. The third-order valence-corrected chi connectivity index (χ3v) is 0.686. The van der Waals surface area contributed by atoms with Gasteiger partial charge in [0.1, 0.15) is 0 Å². The van der Waals surface area contributed by atoms with Crippen LogP contribution in [-0.2, 0) is 0 Å². The van der Waals surface area contributed by atoms with Crippen LogP contribution in [-0.4, -0.2) is 6.67 Å². The molecular weight excluding hydrogens is 79.1 g/mol. The predicted molar refractivity (Wildman–Crippen MR) is 25.4 cm³/mol. The van der Waals surface area contributed by atoms with Gasteiger partial charge in [-0.3, -0.25) is 4.39 Å². The SMILES string of the molecule is CC(C)CCF. The normalized spacial score (nSPS) is 10.0. The van der Waals surface area contributed by atoms with Crippen molar-refractivity contribution in [3.8, 4) is 0 Å². The summed E-state index contributed by atoms with van der Waals surface area (Å²) < 4.78 is 11.2. The molecule has 0 fully saturated rings. The molecule has 0 nitrogen and oxygen atoms in total. The van der Waals surface area contributed by atoms with Crippen molar-refractivity contribution in [2.75, 3.05) is 6.67 Å². The van der Waals surface area contributed by atoms with Gasteiger partial charge in [0, 0.05) is 0 Å². The minimum atomic E-state index is -0.169. The second-order valence-corrected chi connectivity index (χ2v) is 1.87. The lowest BCUT2D eigenvalue weighted by Gasteiger charge is -1.93. The quantitative estimate of drug-likeness (QED) is 0.486. The summed E-state index contributed by atoms with van der Waals surface area (Å²) in [6.07, 6.45) is 0.708. The molecule has 0 saturated heterocycles. The molecule has 0 unspecified atom stereocenters. The molecule has 0 rings (SSSR count). The highest BCUT2D eigenvalue weighted by atomic mass is 19.1. The summed E-state index contributed by atoms with van der Waals surface area (Å²) in [5, 5.41) is 0. The summed E-state index contributed by atoms with van der Waals surface area (Å²) in [5.74, 6) is 0.523. The fourth-order valence-electron chi connectivity index (χ4n) is 0.218. The minimum absolute atomic E-state index is 0.169. The van der Waals surface area contributed by atoms with E-state index in [0.717, 1.165) is 0 Å². The van der Waals surface area contributed by atoms with E-state index >= 15 is 0 Å². The minimum Gasteiger partial charge on any atom is -0.251 e. The summed E-state index contributed by atoms with van der Waals surface area (Å²) in [7, 11) is 0. The van der Waals surface area contributed by atoms with Crippen LogP contribution in [0.25, 0.3) is 0 Å². The molecule has 0 aromatic rings. The van der Waals surface area contributed by atoms with Gasteiger partial charge in [0.2, 0.25) is 0 Å². The third kappa shape index (κ3) is 3.93. The standard InChI is InChI=1S/C5H11F/c1-5(2)3-4-6/h5H,3-4H2,1-2H3. The average Bonchev–Trinajstić information content (AvgIpc) is 1.35.